The number of nitrogens with zero attached hydrogens (tertiary/aromatic N) is 1. The molecule has 186 valence electrons. The van der Waals surface area contributed by atoms with Crippen LogP contribution in [-0.4, -0.2) is 33.2 Å². The normalized spacial score (nSPS) is 11.3. The topological polar surface area (TPSA) is 66.5 Å². The molecule has 0 unspecified atom stereocenters. The Morgan fingerprint density at radius 1 is 0.971 bits per heavy atom. The van der Waals surface area contributed by atoms with Crippen LogP contribution in [0.2, 0.25) is 10.0 Å². The van der Waals surface area contributed by atoms with E-state index < -0.39 is 10.0 Å². The first kappa shape index (κ1) is 27.4. The zero-order valence-electron chi connectivity index (χ0n) is 19.6. The number of nitrogens with one attached hydrogen (secondary N) is 1. The van der Waals surface area contributed by atoms with Crippen molar-refractivity contribution >= 4 is 56.6 Å². The second-order valence-corrected chi connectivity index (χ2v) is 12.0. The molecule has 3 rings (SSSR count). The third-order valence-electron chi connectivity index (χ3n) is 5.31. The number of hydrogen-bond acceptors (Lipinski definition) is 4. The number of amides is 1. The van der Waals surface area contributed by atoms with Crippen molar-refractivity contribution in [2.45, 2.75) is 30.9 Å². The van der Waals surface area contributed by atoms with Gasteiger partial charge in [-0.3, -0.25) is 9.10 Å². The van der Waals surface area contributed by atoms with Crippen molar-refractivity contribution in [3.8, 4) is 0 Å². The van der Waals surface area contributed by atoms with E-state index in [-0.39, 0.29) is 17.3 Å². The molecule has 0 spiro atoms. The number of carbonyl (C=O) groups excluding carboxylic acids is 1. The van der Waals surface area contributed by atoms with Crippen LogP contribution >= 0.6 is 35.0 Å². The Bertz CT molecular complexity index is 1250. The van der Waals surface area contributed by atoms with Crippen molar-refractivity contribution < 1.29 is 13.2 Å². The van der Waals surface area contributed by atoms with Crippen LogP contribution in [0.4, 0.5) is 5.69 Å². The molecule has 0 atom stereocenters. The molecule has 0 radical (unpaired) electrons. The van der Waals surface area contributed by atoms with Crippen molar-refractivity contribution in [3.63, 3.8) is 0 Å². The molecule has 0 aliphatic rings. The van der Waals surface area contributed by atoms with Crippen LogP contribution in [0.5, 0.6) is 0 Å². The first-order chi connectivity index (χ1) is 16.7. The molecule has 3 aromatic carbocycles. The minimum absolute atomic E-state index is 0.117. The zero-order valence-corrected chi connectivity index (χ0v) is 22.8. The molecule has 1 amide bonds. The lowest BCUT2D eigenvalue weighted by atomic mass is 10.2. The van der Waals surface area contributed by atoms with Gasteiger partial charge in [0.05, 0.1) is 10.6 Å². The Kier molecular flexibility index (Phi) is 9.92. The van der Waals surface area contributed by atoms with Crippen LogP contribution in [0.1, 0.15) is 23.1 Å². The second kappa shape index (κ2) is 12.7. The molecule has 5 nitrogen and oxygen atoms in total. The highest BCUT2D eigenvalue weighted by molar-refractivity contribution is 7.98. The van der Waals surface area contributed by atoms with E-state index in [9.17, 15) is 13.2 Å². The molecule has 0 aromatic heterocycles. The third-order valence-corrected chi connectivity index (χ3v) is 8.87. The van der Waals surface area contributed by atoms with E-state index in [2.05, 4.69) is 5.32 Å². The molecule has 0 saturated heterocycles. The van der Waals surface area contributed by atoms with E-state index in [1.54, 1.807) is 54.2 Å². The van der Waals surface area contributed by atoms with E-state index in [1.807, 2.05) is 38.1 Å². The smallest absolute Gasteiger partial charge is 0.264 e. The minimum Gasteiger partial charge on any atom is -0.354 e. The van der Waals surface area contributed by atoms with Gasteiger partial charge in [0.1, 0.15) is 6.54 Å². The molecule has 1 N–H and O–H groups in total. The predicted molar refractivity (Wildman–Crippen MR) is 147 cm³/mol. The summed E-state index contributed by atoms with van der Waals surface area (Å²) in [5.41, 5.74) is 3.30. The molecular formula is C26H28Cl2N2O3S2. The summed E-state index contributed by atoms with van der Waals surface area (Å²) in [6.45, 7) is 3.84. The molecule has 0 aliphatic carbocycles. The summed E-state index contributed by atoms with van der Waals surface area (Å²) in [4.78, 5) is 12.8. The minimum atomic E-state index is -3.97. The van der Waals surface area contributed by atoms with Gasteiger partial charge >= 0.3 is 0 Å². The van der Waals surface area contributed by atoms with E-state index in [4.69, 9.17) is 23.2 Å². The Balaban J connectivity index is 1.61. The van der Waals surface area contributed by atoms with E-state index in [1.165, 1.54) is 5.56 Å². The molecule has 0 heterocycles. The van der Waals surface area contributed by atoms with Crippen molar-refractivity contribution in [2.24, 2.45) is 0 Å². The second-order valence-electron chi connectivity index (χ2n) is 8.14. The van der Waals surface area contributed by atoms with Crippen LogP contribution in [0.3, 0.4) is 0 Å². The van der Waals surface area contributed by atoms with E-state index in [0.717, 1.165) is 33.4 Å². The van der Waals surface area contributed by atoms with Gasteiger partial charge in [0.25, 0.3) is 10.0 Å². The Morgan fingerprint density at radius 2 is 1.66 bits per heavy atom. The number of thioether (sulfide) groups is 1. The summed E-state index contributed by atoms with van der Waals surface area (Å²) in [5, 5.41) is 3.99. The predicted octanol–water partition coefficient (Wildman–Crippen LogP) is 6.25. The van der Waals surface area contributed by atoms with Gasteiger partial charge in [-0.1, -0.05) is 59.1 Å². The lowest BCUT2D eigenvalue weighted by Gasteiger charge is -2.24. The van der Waals surface area contributed by atoms with Gasteiger partial charge < -0.3 is 5.32 Å². The monoisotopic (exact) mass is 550 g/mol. The molecule has 0 bridgehead atoms. The SMILES string of the molecule is Cc1ccc(S(=O)(=O)N(CC(=O)NCCCSCc2ccc(Cl)cc2)c2ccc(C)c(Cl)c2)cc1. The fourth-order valence-electron chi connectivity index (χ4n) is 3.25. The third kappa shape index (κ3) is 7.90. The summed E-state index contributed by atoms with van der Waals surface area (Å²) in [6, 6.07) is 19.3. The first-order valence-electron chi connectivity index (χ1n) is 11.1. The Labute approximate surface area is 221 Å². The van der Waals surface area contributed by atoms with Crippen molar-refractivity contribution in [3.05, 3.63) is 93.5 Å². The maximum absolute atomic E-state index is 13.4. The van der Waals surface area contributed by atoms with Crippen molar-refractivity contribution in [1.29, 1.82) is 0 Å². The van der Waals surface area contributed by atoms with E-state index >= 15 is 0 Å². The first-order valence-corrected chi connectivity index (χ1v) is 14.5. The Hall–Kier alpha value is -2.19. The average Bonchev–Trinajstić information content (AvgIpc) is 2.83. The molecule has 0 fully saturated rings. The number of rotatable bonds is 11. The van der Waals surface area contributed by atoms with Gasteiger partial charge in [0, 0.05) is 22.3 Å². The lowest BCUT2D eigenvalue weighted by Crippen LogP contribution is -2.41. The number of anilines is 1. The number of aryl methyl sites for hydroxylation is 2. The summed E-state index contributed by atoms with van der Waals surface area (Å²) in [5.74, 6) is 1.35. The fraction of sp³-hybridized carbons (Fsp3) is 0.269. The summed E-state index contributed by atoms with van der Waals surface area (Å²) >= 11 is 13.9. The molecule has 0 saturated carbocycles. The van der Waals surface area contributed by atoms with Crippen molar-refractivity contribution in [1.82, 2.24) is 5.32 Å². The number of halogens is 2. The van der Waals surface area contributed by atoms with Gasteiger partial charge in [0.15, 0.2) is 0 Å². The largest absolute Gasteiger partial charge is 0.354 e. The van der Waals surface area contributed by atoms with Gasteiger partial charge in [0.2, 0.25) is 5.91 Å². The summed E-state index contributed by atoms with van der Waals surface area (Å²) in [7, 11) is -3.97. The van der Waals surface area contributed by atoms with Crippen LogP contribution in [0, 0.1) is 13.8 Å². The maximum Gasteiger partial charge on any atom is 0.264 e. The fourth-order valence-corrected chi connectivity index (χ4v) is 5.88. The van der Waals surface area contributed by atoms with Crippen LogP contribution in [0.15, 0.2) is 71.6 Å². The summed E-state index contributed by atoms with van der Waals surface area (Å²) in [6.07, 6.45) is 0.769. The van der Waals surface area contributed by atoms with Crippen LogP contribution in [0.25, 0.3) is 0 Å². The van der Waals surface area contributed by atoms with Gasteiger partial charge in [-0.05, 0) is 73.5 Å². The molecular weight excluding hydrogens is 523 g/mol. The highest BCUT2D eigenvalue weighted by Crippen LogP contribution is 2.28. The summed E-state index contributed by atoms with van der Waals surface area (Å²) < 4.78 is 28.0. The number of carbonyl (C=O) groups is 1. The molecule has 9 heteroatoms. The van der Waals surface area contributed by atoms with Gasteiger partial charge in [-0.2, -0.15) is 11.8 Å². The van der Waals surface area contributed by atoms with Gasteiger partial charge in [-0.15, -0.1) is 0 Å². The number of sulfonamides is 1. The number of hydrogen-bond donors (Lipinski definition) is 1. The Morgan fingerprint density at radius 3 is 2.31 bits per heavy atom. The quantitative estimate of drug-likeness (QED) is 0.287. The van der Waals surface area contributed by atoms with E-state index in [0.29, 0.717) is 22.3 Å². The molecule has 0 aliphatic heterocycles. The molecule has 3 aromatic rings. The highest BCUT2D eigenvalue weighted by atomic mass is 35.5. The number of benzene rings is 3. The molecule has 35 heavy (non-hydrogen) atoms. The maximum atomic E-state index is 13.4. The van der Waals surface area contributed by atoms with Crippen LogP contribution < -0.4 is 9.62 Å². The van der Waals surface area contributed by atoms with Crippen molar-refractivity contribution in [2.75, 3.05) is 23.1 Å². The average molecular weight is 552 g/mol. The highest BCUT2D eigenvalue weighted by Gasteiger charge is 2.27. The van der Waals surface area contributed by atoms with Gasteiger partial charge in [-0.25, -0.2) is 8.42 Å². The standard InChI is InChI=1S/C26H28Cl2N2O3S2/c1-19-4-12-24(13-5-19)35(32,33)30(23-11-6-20(2)25(28)16-23)17-26(31)29-14-3-15-34-18-21-7-9-22(27)10-8-21/h4-13,16H,3,14-15,17-18H2,1-2H3,(H,29,31). The lowest BCUT2D eigenvalue weighted by molar-refractivity contribution is -0.119. The van der Waals surface area contributed by atoms with Crippen LogP contribution in [-0.2, 0) is 20.6 Å². The zero-order chi connectivity index (χ0) is 25.4.